The van der Waals surface area contributed by atoms with Crippen molar-refractivity contribution < 1.29 is 13.9 Å². The second kappa shape index (κ2) is 9.18. The number of hydrogen-bond acceptors (Lipinski definition) is 7. The molecule has 1 aliphatic rings. The summed E-state index contributed by atoms with van der Waals surface area (Å²) in [5.74, 6) is 2.13. The van der Waals surface area contributed by atoms with Gasteiger partial charge in [-0.15, -0.1) is 0 Å². The second-order valence-corrected chi connectivity index (χ2v) is 7.84. The number of benzene rings is 1. The van der Waals surface area contributed by atoms with E-state index in [0.717, 1.165) is 48.5 Å². The van der Waals surface area contributed by atoms with Gasteiger partial charge in [-0.2, -0.15) is 4.98 Å². The van der Waals surface area contributed by atoms with Crippen LogP contribution in [0.15, 0.2) is 40.8 Å². The van der Waals surface area contributed by atoms with Crippen molar-refractivity contribution in [3.05, 3.63) is 53.6 Å². The van der Waals surface area contributed by atoms with E-state index in [-0.39, 0.29) is 30.2 Å². The highest BCUT2D eigenvalue weighted by atomic mass is 16.5. The predicted molar refractivity (Wildman–Crippen MR) is 119 cm³/mol. The van der Waals surface area contributed by atoms with Crippen molar-refractivity contribution in [3.8, 4) is 11.1 Å². The summed E-state index contributed by atoms with van der Waals surface area (Å²) in [6, 6.07) is 11.2. The van der Waals surface area contributed by atoms with Crippen molar-refractivity contribution in [2.24, 2.45) is 5.92 Å². The molecule has 1 aromatic carbocycles. The number of rotatable bonds is 7. The normalized spacial score (nSPS) is 14.1. The van der Waals surface area contributed by atoms with Crippen LogP contribution in [0.2, 0.25) is 0 Å². The third-order valence-corrected chi connectivity index (χ3v) is 5.48. The predicted octanol–water partition coefficient (Wildman–Crippen LogP) is 4.05. The Bertz CT molecular complexity index is 1060. The van der Waals surface area contributed by atoms with Crippen molar-refractivity contribution in [1.82, 2.24) is 9.97 Å². The van der Waals surface area contributed by atoms with E-state index in [1.54, 1.807) is 0 Å². The minimum Gasteiger partial charge on any atom is -0.464 e. The third-order valence-electron chi connectivity index (χ3n) is 5.48. The fourth-order valence-corrected chi connectivity index (χ4v) is 3.93. The molecule has 4 rings (SSSR count). The summed E-state index contributed by atoms with van der Waals surface area (Å²) in [4.78, 5) is 20.8. The minimum atomic E-state index is 0.0860. The number of carbonyl (C=O) groups is 1. The van der Waals surface area contributed by atoms with Crippen LogP contribution in [0.5, 0.6) is 0 Å². The number of nitrogens with zero attached hydrogens (tertiary/aromatic N) is 2. The van der Waals surface area contributed by atoms with Crippen LogP contribution in [0.25, 0.3) is 11.1 Å². The Labute approximate surface area is 181 Å². The van der Waals surface area contributed by atoms with E-state index in [2.05, 4.69) is 15.3 Å². The Kier molecular flexibility index (Phi) is 6.18. The smallest absolute Gasteiger partial charge is 0.227 e. The molecule has 3 aromatic rings. The number of amides is 1. The average molecular weight is 422 g/mol. The fourth-order valence-electron chi connectivity index (χ4n) is 3.93. The number of nitrogens with two attached hydrogens (primary N) is 2. The zero-order valence-electron chi connectivity index (χ0n) is 17.6. The van der Waals surface area contributed by atoms with Crippen LogP contribution in [0.3, 0.4) is 0 Å². The van der Waals surface area contributed by atoms with Gasteiger partial charge in [0.1, 0.15) is 23.9 Å². The summed E-state index contributed by atoms with van der Waals surface area (Å²) in [6.45, 7) is 2.39. The van der Waals surface area contributed by atoms with Crippen LogP contribution >= 0.6 is 0 Å². The van der Waals surface area contributed by atoms with Crippen LogP contribution in [-0.4, -0.2) is 15.9 Å². The van der Waals surface area contributed by atoms with Gasteiger partial charge in [0.05, 0.1) is 12.3 Å². The lowest BCUT2D eigenvalue weighted by Gasteiger charge is -2.14. The van der Waals surface area contributed by atoms with E-state index in [0.29, 0.717) is 17.9 Å². The van der Waals surface area contributed by atoms with Crippen LogP contribution in [0, 0.1) is 12.8 Å². The zero-order valence-corrected chi connectivity index (χ0v) is 17.6. The van der Waals surface area contributed by atoms with Crippen molar-refractivity contribution in [2.75, 3.05) is 16.8 Å². The molecule has 8 nitrogen and oxygen atoms in total. The third kappa shape index (κ3) is 5.03. The van der Waals surface area contributed by atoms with Crippen LogP contribution in [0.1, 0.15) is 42.9 Å². The van der Waals surface area contributed by atoms with Gasteiger partial charge in [0.2, 0.25) is 11.9 Å². The Balaban J connectivity index is 1.49. The SMILES string of the molecule is Cc1ccc(COCc2nc(N)nc(N)c2-c2ccc(NC(=O)C3CCCC3)cc2)o1. The summed E-state index contributed by atoms with van der Waals surface area (Å²) in [7, 11) is 0. The van der Waals surface area contributed by atoms with Crippen molar-refractivity contribution in [2.45, 2.75) is 45.8 Å². The number of nitrogens with one attached hydrogen (secondary N) is 1. The minimum absolute atomic E-state index is 0.0860. The van der Waals surface area contributed by atoms with Gasteiger partial charge in [-0.05, 0) is 49.6 Å². The largest absolute Gasteiger partial charge is 0.464 e. The second-order valence-electron chi connectivity index (χ2n) is 7.84. The molecule has 2 heterocycles. The molecular weight excluding hydrogens is 394 g/mol. The average Bonchev–Trinajstić information content (AvgIpc) is 3.41. The van der Waals surface area contributed by atoms with Gasteiger partial charge in [0.15, 0.2) is 0 Å². The number of hydrogen-bond donors (Lipinski definition) is 3. The maximum Gasteiger partial charge on any atom is 0.227 e. The van der Waals surface area contributed by atoms with Gasteiger partial charge in [-0.3, -0.25) is 4.79 Å². The molecular formula is C23H27N5O3. The molecule has 0 atom stereocenters. The summed E-state index contributed by atoms with van der Waals surface area (Å²) >= 11 is 0. The van der Waals surface area contributed by atoms with Gasteiger partial charge in [0.25, 0.3) is 0 Å². The molecule has 1 fully saturated rings. The first-order valence-corrected chi connectivity index (χ1v) is 10.5. The molecule has 8 heteroatoms. The monoisotopic (exact) mass is 421 g/mol. The zero-order chi connectivity index (χ0) is 21.8. The number of furan rings is 1. The molecule has 5 N–H and O–H groups in total. The number of aromatic nitrogens is 2. The van der Waals surface area contributed by atoms with Crippen molar-refractivity contribution >= 4 is 23.4 Å². The first-order chi connectivity index (χ1) is 15.0. The van der Waals surface area contributed by atoms with Crippen LogP contribution in [0.4, 0.5) is 17.5 Å². The molecule has 0 unspecified atom stereocenters. The molecule has 162 valence electrons. The molecule has 31 heavy (non-hydrogen) atoms. The lowest BCUT2D eigenvalue weighted by Crippen LogP contribution is -2.20. The topological polar surface area (TPSA) is 129 Å². The van der Waals surface area contributed by atoms with E-state index in [1.807, 2.05) is 43.3 Å². The number of carbonyl (C=O) groups excluding carboxylic acids is 1. The molecule has 1 saturated carbocycles. The van der Waals surface area contributed by atoms with Gasteiger partial charge in [0, 0.05) is 17.2 Å². The molecule has 0 saturated heterocycles. The highest BCUT2D eigenvalue weighted by molar-refractivity contribution is 5.93. The molecule has 0 bridgehead atoms. The lowest BCUT2D eigenvalue weighted by atomic mass is 10.0. The first kappa shape index (κ1) is 20.9. The molecule has 2 aromatic heterocycles. The Hall–Kier alpha value is -3.39. The number of nitrogen functional groups attached to an aromatic ring is 2. The van der Waals surface area contributed by atoms with Crippen LogP contribution < -0.4 is 16.8 Å². The number of ether oxygens (including phenoxy) is 1. The molecule has 1 aliphatic carbocycles. The molecule has 0 spiro atoms. The molecule has 0 aliphatic heterocycles. The molecule has 1 amide bonds. The van der Waals surface area contributed by atoms with Crippen LogP contribution in [-0.2, 0) is 22.7 Å². The number of aryl methyl sites for hydroxylation is 1. The summed E-state index contributed by atoms with van der Waals surface area (Å²) < 4.78 is 11.3. The van der Waals surface area contributed by atoms with Gasteiger partial charge in [-0.25, -0.2) is 4.98 Å². The molecule has 0 radical (unpaired) electrons. The Morgan fingerprint density at radius 1 is 1.10 bits per heavy atom. The number of anilines is 3. The maximum absolute atomic E-state index is 12.4. The Morgan fingerprint density at radius 3 is 2.52 bits per heavy atom. The summed E-state index contributed by atoms with van der Waals surface area (Å²) in [6.07, 6.45) is 4.17. The van der Waals surface area contributed by atoms with E-state index >= 15 is 0 Å². The summed E-state index contributed by atoms with van der Waals surface area (Å²) in [5, 5.41) is 3.00. The lowest BCUT2D eigenvalue weighted by molar-refractivity contribution is -0.119. The quantitative estimate of drug-likeness (QED) is 0.524. The standard InChI is InChI=1S/C23H27N5O3/c1-14-6-11-18(31-14)12-30-13-19-20(21(24)28-23(25)27-19)15-7-9-17(10-8-15)26-22(29)16-4-2-3-5-16/h6-11,16H,2-5,12-13H2,1H3,(H,26,29)(H4,24,25,27,28). The van der Waals surface area contributed by atoms with Crippen molar-refractivity contribution in [3.63, 3.8) is 0 Å². The van der Waals surface area contributed by atoms with E-state index < -0.39 is 0 Å². The highest BCUT2D eigenvalue weighted by Crippen LogP contribution is 2.31. The van der Waals surface area contributed by atoms with Gasteiger partial charge in [-0.1, -0.05) is 25.0 Å². The van der Waals surface area contributed by atoms with Crippen molar-refractivity contribution in [1.29, 1.82) is 0 Å². The van der Waals surface area contributed by atoms with E-state index in [1.165, 1.54) is 0 Å². The van der Waals surface area contributed by atoms with E-state index in [4.69, 9.17) is 20.6 Å². The summed E-state index contributed by atoms with van der Waals surface area (Å²) in [5.41, 5.74) is 14.8. The Morgan fingerprint density at radius 2 is 1.84 bits per heavy atom. The van der Waals surface area contributed by atoms with E-state index in [9.17, 15) is 4.79 Å². The van der Waals surface area contributed by atoms with Gasteiger partial charge < -0.3 is 25.9 Å². The fraction of sp³-hybridized carbons (Fsp3) is 0.348. The maximum atomic E-state index is 12.4. The first-order valence-electron chi connectivity index (χ1n) is 10.5. The highest BCUT2D eigenvalue weighted by Gasteiger charge is 2.22. The van der Waals surface area contributed by atoms with Gasteiger partial charge >= 0.3 is 0 Å².